The third-order valence-corrected chi connectivity index (χ3v) is 4.88. The Morgan fingerprint density at radius 1 is 1.33 bits per heavy atom. The first kappa shape index (κ1) is 16.6. The zero-order valence-electron chi connectivity index (χ0n) is 13.2. The molecule has 3 atom stereocenters. The average molecular weight is 399 g/mol. The van der Waals surface area contributed by atoms with Crippen molar-refractivity contribution in [2.45, 2.75) is 38.1 Å². The van der Waals surface area contributed by atoms with Gasteiger partial charge in [0.05, 0.1) is 0 Å². The summed E-state index contributed by atoms with van der Waals surface area (Å²) in [6, 6.07) is 11.5. The highest BCUT2D eigenvalue weighted by molar-refractivity contribution is 14.0. The second kappa shape index (κ2) is 6.55. The van der Waals surface area contributed by atoms with Crippen molar-refractivity contribution in [1.29, 1.82) is 0 Å². The molecule has 1 aromatic carbocycles. The summed E-state index contributed by atoms with van der Waals surface area (Å²) in [6.07, 6.45) is 2.47. The lowest BCUT2D eigenvalue weighted by atomic mass is 9.82. The molecule has 0 amide bonds. The Morgan fingerprint density at radius 3 is 2.57 bits per heavy atom. The number of aliphatic imine (C=N–C) groups is 1. The Kier molecular flexibility index (Phi) is 5.17. The summed E-state index contributed by atoms with van der Waals surface area (Å²) in [5, 5.41) is 3.60. The highest BCUT2D eigenvalue weighted by Crippen LogP contribution is 2.35. The molecule has 1 heterocycles. The number of rotatable bonds is 2. The molecule has 1 saturated carbocycles. The maximum Gasteiger partial charge on any atom is 0.193 e. The summed E-state index contributed by atoms with van der Waals surface area (Å²) < 4.78 is 0. The van der Waals surface area contributed by atoms with E-state index in [1.54, 1.807) is 0 Å². The lowest BCUT2D eigenvalue weighted by Gasteiger charge is -2.27. The first-order valence-electron chi connectivity index (χ1n) is 7.66. The van der Waals surface area contributed by atoms with Gasteiger partial charge in [0.1, 0.15) is 0 Å². The van der Waals surface area contributed by atoms with Crippen molar-refractivity contribution in [3.05, 3.63) is 35.9 Å². The molecule has 0 spiro atoms. The van der Waals surface area contributed by atoms with Gasteiger partial charge in [-0.3, -0.25) is 4.99 Å². The first-order valence-corrected chi connectivity index (χ1v) is 7.66. The van der Waals surface area contributed by atoms with Crippen LogP contribution in [-0.4, -0.2) is 37.0 Å². The van der Waals surface area contributed by atoms with Gasteiger partial charge in [-0.25, -0.2) is 0 Å². The molecule has 1 N–H and O–H groups in total. The van der Waals surface area contributed by atoms with Crippen LogP contribution >= 0.6 is 24.0 Å². The summed E-state index contributed by atoms with van der Waals surface area (Å²) in [4.78, 5) is 6.89. The number of hydrogen-bond donors (Lipinski definition) is 1. The average Bonchev–Trinajstić information content (AvgIpc) is 3.01. The summed E-state index contributed by atoms with van der Waals surface area (Å²) in [7, 11) is 1.90. The van der Waals surface area contributed by atoms with E-state index >= 15 is 0 Å². The standard InChI is InChI=1S/C17H25N3.HI/c1-13-11-15(13)19-16(18-3)20-10-9-17(2,12-20)14-7-5-4-6-8-14;/h4-8,13,15H,9-12H2,1-3H3,(H,18,19);1H. The Bertz CT molecular complexity index is 502. The number of nitrogens with zero attached hydrogens (tertiary/aromatic N) is 2. The Balaban J connectivity index is 0.00000161. The summed E-state index contributed by atoms with van der Waals surface area (Å²) in [5.41, 5.74) is 1.69. The Hall–Kier alpha value is -0.780. The van der Waals surface area contributed by atoms with Crippen molar-refractivity contribution in [1.82, 2.24) is 10.2 Å². The predicted octanol–water partition coefficient (Wildman–Crippen LogP) is 3.25. The predicted molar refractivity (Wildman–Crippen MR) is 99.5 cm³/mol. The van der Waals surface area contributed by atoms with Gasteiger partial charge in [0, 0.05) is 31.6 Å². The minimum atomic E-state index is 0. The summed E-state index contributed by atoms with van der Waals surface area (Å²) in [5.74, 6) is 1.88. The fourth-order valence-electron chi connectivity index (χ4n) is 3.20. The van der Waals surface area contributed by atoms with Crippen molar-refractivity contribution >= 4 is 29.9 Å². The molecular weight excluding hydrogens is 373 g/mol. The van der Waals surface area contributed by atoms with Crippen molar-refractivity contribution in [2.24, 2.45) is 10.9 Å². The topological polar surface area (TPSA) is 27.6 Å². The molecule has 0 radical (unpaired) electrons. The lowest BCUT2D eigenvalue weighted by molar-refractivity contribution is 0.437. The van der Waals surface area contributed by atoms with Crippen LogP contribution in [0.15, 0.2) is 35.3 Å². The molecule has 2 fully saturated rings. The van der Waals surface area contributed by atoms with E-state index in [1.807, 2.05) is 7.05 Å². The molecule has 2 aliphatic rings. The molecule has 3 rings (SSSR count). The van der Waals surface area contributed by atoms with Crippen LogP contribution in [-0.2, 0) is 5.41 Å². The van der Waals surface area contributed by atoms with Gasteiger partial charge in [0.15, 0.2) is 5.96 Å². The van der Waals surface area contributed by atoms with Gasteiger partial charge < -0.3 is 10.2 Å². The second-order valence-corrected chi connectivity index (χ2v) is 6.61. The van der Waals surface area contributed by atoms with E-state index in [1.165, 1.54) is 18.4 Å². The summed E-state index contributed by atoms with van der Waals surface area (Å²) >= 11 is 0. The molecule has 116 valence electrons. The van der Waals surface area contributed by atoms with E-state index in [-0.39, 0.29) is 29.4 Å². The normalized spacial score (nSPS) is 31.8. The minimum absolute atomic E-state index is 0. The zero-order chi connectivity index (χ0) is 14.2. The minimum Gasteiger partial charge on any atom is -0.353 e. The molecule has 1 aromatic rings. The molecule has 3 nitrogen and oxygen atoms in total. The van der Waals surface area contributed by atoms with Gasteiger partial charge in [0.2, 0.25) is 0 Å². The van der Waals surface area contributed by atoms with Crippen LogP contribution in [0.1, 0.15) is 32.3 Å². The number of hydrogen-bond acceptors (Lipinski definition) is 1. The largest absolute Gasteiger partial charge is 0.353 e. The molecule has 1 aliphatic carbocycles. The third-order valence-electron chi connectivity index (χ3n) is 4.88. The van der Waals surface area contributed by atoms with Crippen LogP contribution < -0.4 is 5.32 Å². The number of halogens is 1. The molecule has 1 saturated heterocycles. The number of nitrogens with one attached hydrogen (secondary N) is 1. The monoisotopic (exact) mass is 399 g/mol. The Morgan fingerprint density at radius 2 is 2.00 bits per heavy atom. The third kappa shape index (κ3) is 3.52. The second-order valence-electron chi connectivity index (χ2n) is 6.61. The van der Waals surface area contributed by atoms with Crippen molar-refractivity contribution < 1.29 is 0 Å². The van der Waals surface area contributed by atoms with Crippen LogP contribution in [0.3, 0.4) is 0 Å². The van der Waals surface area contributed by atoms with Crippen LogP contribution in [0, 0.1) is 5.92 Å². The van der Waals surface area contributed by atoms with Gasteiger partial charge in [-0.05, 0) is 24.3 Å². The molecule has 4 heteroatoms. The molecule has 3 unspecified atom stereocenters. The van der Waals surface area contributed by atoms with E-state index in [0.29, 0.717) is 6.04 Å². The van der Waals surface area contributed by atoms with Gasteiger partial charge >= 0.3 is 0 Å². The zero-order valence-corrected chi connectivity index (χ0v) is 15.5. The first-order chi connectivity index (χ1) is 9.62. The van der Waals surface area contributed by atoms with E-state index in [4.69, 9.17) is 0 Å². The van der Waals surface area contributed by atoms with E-state index in [9.17, 15) is 0 Å². The highest BCUT2D eigenvalue weighted by atomic mass is 127. The van der Waals surface area contributed by atoms with E-state index in [0.717, 1.165) is 25.0 Å². The van der Waals surface area contributed by atoms with Crippen LogP contribution in [0.4, 0.5) is 0 Å². The SMILES string of the molecule is CN=C(NC1CC1C)N1CCC(C)(c2ccccc2)C1.I. The van der Waals surface area contributed by atoms with Crippen LogP contribution in [0.25, 0.3) is 0 Å². The smallest absolute Gasteiger partial charge is 0.193 e. The number of likely N-dealkylation sites (tertiary alicyclic amines) is 1. The number of benzene rings is 1. The Labute approximate surface area is 145 Å². The molecule has 0 bridgehead atoms. The maximum atomic E-state index is 4.48. The molecule has 1 aliphatic heterocycles. The van der Waals surface area contributed by atoms with Gasteiger partial charge in [-0.1, -0.05) is 44.2 Å². The van der Waals surface area contributed by atoms with E-state index < -0.39 is 0 Å². The van der Waals surface area contributed by atoms with E-state index in [2.05, 4.69) is 59.4 Å². The fraction of sp³-hybridized carbons (Fsp3) is 0.588. The van der Waals surface area contributed by atoms with Gasteiger partial charge in [-0.15, -0.1) is 24.0 Å². The van der Waals surface area contributed by atoms with Crippen molar-refractivity contribution in [2.75, 3.05) is 20.1 Å². The highest BCUT2D eigenvalue weighted by Gasteiger charge is 2.39. The summed E-state index contributed by atoms with van der Waals surface area (Å²) in [6.45, 7) is 6.81. The van der Waals surface area contributed by atoms with Crippen molar-refractivity contribution in [3.8, 4) is 0 Å². The quantitative estimate of drug-likeness (QED) is 0.470. The molecule has 0 aromatic heterocycles. The fourth-order valence-corrected chi connectivity index (χ4v) is 3.20. The van der Waals surface area contributed by atoms with Gasteiger partial charge in [0.25, 0.3) is 0 Å². The molecule has 21 heavy (non-hydrogen) atoms. The lowest BCUT2D eigenvalue weighted by Crippen LogP contribution is -2.42. The molecular formula is C17H26IN3. The van der Waals surface area contributed by atoms with Crippen molar-refractivity contribution in [3.63, 3.8) is 0 Å². The maximum absolute atomic E-state index is 4.48. The van der Waals surface area contributed by atoms with Crippen LogP contribution in [0.2, 0.25) is 0 Å². The number of guanidine groups is 1. The van der Waals surface area contributed by atoms with Crippen LogP contribution in [0.5, 0.6) is 0 Å². The van der Waals surface area contributed by atoms with Gasteiger partial charge in [-0.2, -0.15) is 0 Å².